The standard InChI is InChI=1S/C33H29F3N6O2S/c1-45(43,44)10-7-20-11-22(14-24(34)13-20)25-3-2-4-28-26(25)15-30(38-28)32-31-29(40-41-32)6-5-27(39-31)23-12-21(16-37-17-23)18-42-9-8-33(35,36)19-42/h2-6,11-17,38H,7-10,18-19H2,1H3,(H,40,41). The second kappa shape index (κ2) is 11.1. The smallest absolute Gasteiger partial charge is 0.261 e. The van der Waals surface area contributed by atoms with Crippen molar-refractivity contribution in [1.82, 2.24) is 30.0 Å². The van der Waals surface area contributed by atoms with Crippen LogP contribution in [0.3, 0.4) is 0 Å². The number of aromatic nitrogens is 5. The molecule has 1 fully saturated rings. The first kappa shape index (κ1) is 29.2. The Hall–Kier alpha value is -4.55. The van der Waals surface area contributed by atoms with Crippen LogP contribution >= 0.6 is 0 Å². The van der Waals surface area contributed by atoms with Crippen molar-refractivity contribution in [3.63, 3.8) is 0 Å². The zero-order chi connectivity index (χ0) is 31.3. The van der Waals surface area contributed by atoms with Gasteiger partial charge in [0.25, 0.3) is 5.92 Å². The fraction of sp³-hybridized carbons (Fsp3) is 0.242. The van der Waals surface area contributed by atoms with E-state index in [0.717, 1.165) is 33.1 Å². The van der Waals surface area contributed by atoms with Gasteiger partial charge in [-0.1, -0.05) is 18.2 Å². The molecule has 2 N–H and O–H groups in total. The van der Waals surface area contributed by atoms with Gasteiger partial charge in [-0.05, 0) is 71.1 Å². The topological polar surface area (TPSA) is 108 Å². The minimum Gasteiger partial charge on any atom is -0.353 e. The maximum Gasteiger partial charge on any atom is 0.261 e. The van der Waals surface area contributed by atoms with Crippen LogP contribution in [0.15, 0.2) is 73.1 Å². The Labute approximate surface area is 257 Å². The lowest BCUT2D eigenvalue weighted by Crippen LogP contribution is -2.24. The number of aryl methyl sites for hydroxylation is 1. The number of nitrogens with one attached hydrogen (secondary N) is 2. The van der Waals surface area contributed by atoms with Gasteiger partial charge in [0.1, 0.15) is 26.9 Å². The maximum atomic E-state index is 14.7. The molecule has 1 aliphatic heterocycles. The van der Waals surface area contributed by atoms with Crippen LogP contribution in [0.4, 0.5) is 13.2 Å². The van der Waals surface area contributed by atoms with Crippen LogP contribution in [0.25, 0.3) is 55.7 Å². The molecule has 1 saturated heterocycles. The van der Waals surface area contributed by atoms with Crippen molar-refractivity contribution in [2.24, 2.45) is 0 Å². The van der Waals surface area contributed by atoms with Crippen molar-refractivity contribution in [1.29, 1.82) is 0 Å². The van der Waals surface area contributed by atoms with Crippen LogP contribution in [-0.2, 0) is 22.8 Å². The van der Waals surface area contributed by atoms with Gasteiger partial charge in [-0.3, -0.25) is 15.0 Å². The van der Waals surface area contributed by atoms with E-state index in [-0.39, 0.29) is 25.1 Å². The zero-order valence-corrected chi connectivity index (χ0v) is 25.1. The molecule has 12 heteroatoms. The lowest BCUT2D eigenvalue weighted by Gasteiger charge is -2.15. The number of nitrogens with zero attached hydrogens (tertiary/aromatic N) is 4. The van der Waals surface area contributed by atoms with Gasteiger partial charge in [-0.25, -0.2) is 26.6 Å². The van der Waals surface area contributed by atoms with Crippen LogP contribution in [0.2, 0.25) is 0 Å². The Morgan fingerprint density at radius 1 is 0.978 bits per heavy atom. The molecule has 45 heavy (non-hydrogen) atoms. The summed E-state index contributed by atoms with van der Waals surface area (Å²) in [6.07, 6.45) is 4.65. The Balaban J connectivity index is 1.22. The summed E-state index contributed by atoms with van der Waals surface area (Å²) in [5.74, 6) is -3.15. The second-order valence-electron chi connectivity index (χ2n) is 11.7. The van der Waals surface area contributed by atoms with E-state index in [9.17, 15) is 21.6 Å². The molecule has 4 aromatic heterocycles. The summed E-state index contributed by atoms with van der Waals surface area (Å²) >= 11 is 0. The molecule has 2 aromatic carbocycles. The molecule has 0 saturated carbocycles. The number of aromatic amines is 2. The first-order chi connectivity index (χ1) is 21.5. The van der Waals surface area contributed by atoms with E-state index in [1.54, 1.807) is 17.3 Å². The third-order valence-electron chi connectivity index (χ3n) is 8.10. The van der Waals surface area contributed by atoms with Gasteiger partial charge in [0, 0.05) is 54.6 Å². The third-order valence-corrected chi connectivity index (χ3v) is 9.05. The van der Waals surface area contributed by atoms with Crippen molar-refractivity contribution >= 4 is 31.8 Å². The minimum atomic E-state index is -3.19. The van der Waals surface area contributed by atoms with Crippen LogP contribution in [0.1, 0.15) is 17.5 Å². The van der Waals surface area contributed by atoms with Gasteiger partial charge in [0.2, 0.25) is 0 Å². The van der Waals surface area contributed by atoms with Gasteiger partial charge in [0.15, 0.2) is 0 Å². The summed E-state index contributed by atoms with van der Waals surface area (Å²) in [6.45, 7) is 0.475. The number of rotatable bonds is 8. The molecule has 0 bridgehead atoms. The first-order valence-corrected chi connectivity index (χ1v) is 16.6. The van der Waals surface area contributed by atoms with E-state index < -0.39 is 21.6 Å². The van der Waals surface area contributed by atoms with Gasteiger partial charge in [-0.15, -0.1) is 0 Å². The van der Waals surface area contributed by atoms with Crippen molar-refractivity contribution in [2.75, 3.05) is 25.1 Å². The number of alkyl halides is 2. The molecule has 230 valence electrons. The summed E-state index contributed by atoms with van der Waals surface area (Å²) in [5, 5.41) is 8.43. The lowest BCUT2D eigenvalue weighted by molar-refractivity contribution is 0.0115. The fourth-order valence-electron chi connectivity index (χ4n) is 5.95. The monoisotopic (exact) mass is 630 g/mol. The molecule has 0 aliphatic carbocycles. The predicted octanol–water partition coefficient (Wildman–Crippen LogP) is 6.40. The number of halogens is 3. The van der Waals surface area contributed by atoms with Gasteiger partial charge < -0.3 is 4.98 Å². The molecule has 0 unspecified atom stereocenters. The van der Waals surface area contributed by atoms with Gasteiger partial charge in [-0.2, -0.15) is 5.10 Å². The normalized spacial score (nSPS) is 15.4. The molecule has 5 heterocycles. The highest BCUT2D eigenvalue weighted by atomic mass is 32.2. The Bertz CT molecular complexity index is 2180. The van der Waals surface area contributed by atoms with Gasteiger partial charge in [0.05, 0.1) is 29.2 Å². The van der Waals surface area contributed by atoms with E-state index in [2.05, 4.69) is 20.2 Å². The molecule has 0 amide bonds. The van der Waals surface area contributed by atoms with Crippen molar-refractivity contribution in [3.8, 4) is 33.8 Å². The molecule has 0 spiro atoms. The Kier molecular flexibility index (Phi) is 7.20. The number of hydrogen-bond donors (Lipinski definition) is 2. The number of sulfone groups is 1. The Morgan fingerprint density at radius 2 is 1.82 bits per heavy atom. The highest BCUT2D eigenvalue weighted by molar-refractivity contribution is 7.90. The molecule has 6 aromatic rings. The minimum absolute atomic E-state index is 0.0622. The maximum absolute atomic E-state index is 14.7. The van der Waals surface area contributed by atoms with E-state index in [1.807, 2.05) is 48.5 Å². The van der Waals surface area contributed by atoms with Crippen LogP contribution in [-0.4, -0.2) is 69.5 Å². The van der Waals surface area contributed by atoms with Crippen LogP contribution in [0, 0.1) is 5.82 Å². The number of benzene rings is 2. The average molecular weight is 631 g/mol. The number of pyridine rings is 2. The summed E-state index contributed by atoms with van der Waals surface area (Å²) in [5.41, 5.74) is 7.82. The SMILES string of the molecule is CS(=O)(=O)CCc1cc(F)cc(-c2cccc3[nH]c(-c4n[nH]c5ccc(-c6cncc(CN7CCC(F)(F)C7)c6)nc45)cc23)c1. The van der Waals surface area contributed by atoms with E-state index in [1.165, 1.54) is 18.4 Å². The van der Waals surface area contributed by atoms with Crippen molar-refractivity contribution < 1.29 is 21.6 Å². The third kappa shape index (κ3) is 6.20. The molecular weight excluding hydrogens is 601 g/mol. The van der Waals surface area contributed by atoms with Crippen molar-refractivity contribution in [2.45, 2.75) is 25.3 Å². The predicted molar refractivity (Wildman–Crippen MR) is 168 cm³/mol. The molecular formula is C33H29F3N6O2S. The largest absolute Gasteiger partial charge is 0.353 e. The molecule has 1 aliphatic rings. The average Bonchev–Trinajstić information content (AvgIpc) is 3.71. The van der Waals surface area contributed by atoms with Crippen LogP contribution < -0.4 is 0 Å². The molecule has 7 rings (SSSR count). The molecule has 0 radical (unpaired) electrons. The zero-order valence-electron chi connectivity index (χ0n) is 24.3. The number of hydrogen-bond acceptors (Lipinski definition) is 6. The number of H-pyrrole nitrogens is 2. The molecule has 0 atom stereocenters. The van der Waals surface area contributed by atoms with E-state index in [0.29, 0.717) is 46.8 Å². The second-order valence-corrected chi connectivity index (χ2v) is 14.0. The summed E-state index contributed by atoms with van der Waals surface area (Å²) < 4.78 is 65.4. The highest BCUT2D eigenvalue weighted by Crippen LogP contribution is 2.35. The van der Waals surface area contributed by atoms with E-state index in [4.69, 9.17) is 4.98 Å². The number of likely N-dealkylation sites (tertiary alicyclic amines) is 1. The van der Waals surface area contributed by atoms with Crippen molar-refractivity contribution in [3.05, 3.63) is 90.0 Å². The van der Waals surface area contributed by atoms with Gasteiger partial charge >= 0.3 is 0 Å². The summed E-state index contributed by atoms with van der Waals surface area (Å²) in [6, 6.07) is 18.0. The highest BCUT2D eigenvalue weighted by Gasteiger charge is 2.37. The fourth-order valence-corrected chi connectivity index (χ4v) is 6.56. The van der Waals surface area contributed by atoms with E-state index >= 15 is 0 Å². The Morgan fingerprint density at radius 3 is 2.62 bits per heavy atom. The van der Waals surface area contributed by atoms with Crippen LogP contribution in [0.5, 0.6) is 0 Å². The summed E-state index contributed by atoms with van der Waals surface area (Å²) in [4.78, 5) is 14.4. The number of fused-ring (bicyclic) bond motifs is 2. The first-order valence-electron chi connectivity index (χ1n) is 14.5. The summed E-state index contributed by atoms with van der Waals surface area (Å²) in [7, 11) is -3.19. The lowest BCUT2D eigenvalue weighted by atomic mass is 9.98. The quantitative estimate of drug-likeness (QED) is 0.202. The molecule has 8 nitrogen and oxygen atoms in total.